The van der Waals surface area contributed by atoms with E-state index in [9.17, 15) is 20.4 Å². The second-order valence-electron chi connectivity index (χ2n) is 11.5. The molecule has 5 nitrogen and oxygen atoms in total. The molecule has 0 bridgehead atoms. The van der Waals surface area contributed by atoms with Crippen LogP contribution in [0.2, 0.25) is 0 Å². The van der Waals surface area contributed by atoms with Crippen molar-refractivity contribution < 1.29 is 20.4 Å². The Balaban J connectivity index is 1.35. The molecule has 45 heavy (non-hydrogen) atoms. The maximum absolute atomic E-state index is 10.4. The van der Waals surface area contributed by atoms with Crippen molar-refractivity contribution >= 4 is 32.3 Å². The first-order valence-corrected chi connectivity index (χ1v) is 14.7. The molecule has 0 fully saturated rings. The number of hydrogen-bond acceptors (Lipinski definition) is 5. The summed E-state index contributed by atoms with van der Waals surface area (Å²) in [4.78, 5) is 3.90. The molecule has 4 N–H and O–H groups in total. The summed E-state index contributed by atoms with van der Waals surface area (Å²) in [5.74, 6) is -3.03. The lowest BCUT2D eigenvalue weighted by atomic mass is 9.85. The van der Waals surface area contributed by atoms with Crippen molar-refractivity contribution in [2.24, 2.45) is 0 Å². The summed E-state index contributed by atoms with van der Waals surface area (Å²) in [5, 5.41) is 47.4. The molecule has 0 spiro atoms. The highest BCUT2D eigenvalue weighted by atomic mass is 16.3. The standard InChI is InChI=1S/C40H27NO4/c1-22-19-28-15-17-30-32(25-9-7-24(8-10-25)23-5-3-2-4-6-23)21-33(31-18-16-29(20-22)34(28)35(30)31)26-11-13-27(14-12-26)36-37(42)38(43)39(44)40(45)41-36/h2-21,42,44H,1H3,(H2,41,43,45). The number of aryl methyl sites for hydroxylation is 1. The van der Waals surface area contributed by atoms with Crippen LogP contribution in [0.5, 0.6) is 23.1 Å². The number of benzene rings is 7. The molecule has 8 aromatic rings. The van der Waals surface area contributed by atoms with E-state index >= 15 is 0 Å². The van der Waals surface area contributed by atoms with E-state index in [1.54, 1.807) is 12.1 Å². The molecule has 0 amide bonds. The van der Waals surface area contributed by atoms with Gasteiger partial charge < -0.3 is 20.4 Å². The first kappa shape index (κ1) is 26.5. The number of pyridine rings is 1. The average Bonchev–Trinajstić information content (AvgIpc) is 3.08. The Hall–Kier alpha value is -6.07. The van der Waals surface area contributed by atoms with Gasteiger partial charge in [0.1, 0.15) is 5.69 Å². The number of nitrogens with zero attached hydrogens (tertiary/aromatic N) is 1. The van der Waals surface area contributed by atoms with Crippen molar-refractivity contribution in [3.8, 4) is 67.8 Å². The molecule has 0 aliphatic rings. The van der Waals surface area contributed by atoms with E-state index in [1.165, 1.54) is 38.1 Å². The van der Waals surface area contributed by atoms with Crippen molar-refractivity contribution in [3.05, 3.63) is 127 Å². The molecule has 7 aromatic carbocycles. The summed E-state index contributed by atoms with van der Waals surface area (Å²) in [7, 11) is 0. The van der Waals surface area contributed by atoms with Gasteiger partial charge in [-0.1, -0.05) is 115 Å². The lowest BCUT2D eigenvalue weighted by Gasteiger charge is -2.19. The van der Waals surface area contributed by atoms with Gasteiger partial charge >= 0.3 is 0 Å². The molecule has 0 saturated heterocycles. The average molecular weight is 586 g/mol. The van der Waals surface area contributed by atoms with Gasteiger partial charge in [0.2, 0.25) is 11.5 Å². The van der Waals surface area contributed by atoms with Crippen molar-refractivity contribution in [3.63, 3.8) is 0 Å². The number of aromatic hydroxyl groups is 4. The molecule has 8 rings (SSSR count). The Morgan fingerprint density at radius 3 is 1.53 bits per heavy atom. The van der Waals surface area contributed by atoms with Gasteiger partial charge in [-0.2, -0.15) is 0 Å². The van der Waals surface area contributed by atoms with E-state index in [0.29, 0.717) is 5.56 Å². The van der Waals surface area contributed by atoms with Crippen LogP contribution in [0.25, 0.3) is 77.0 Å². The van der Waals surface area contributed by atoms with Gasteiger partial charge in [0.25, 0.3) is 5.88 Å². The minimum absolute atomic E-state index is 0.0284. The Morgan fingerprint density at radius 1 is 0.444 bits per heavy atom. The molecular weight excluding hydrogens is 558 g/mol. The normalized spacial score (nSPS) is 11.6. The molecule has 0 atom stereocenters. The Morgan fingerprint density at radius 2 is 0.956 bits per heavy atom. The topological polar surface area (TPSA) is 93.8 Å². The van der Waals surface area contributed by atoms with Gasteiger partial charge in [-0.05, 0) is 84.3 Å². The predicted molar refractivity (Wildman–Crippen MR) is 181 cm³/mol. The number of hydrogen-bond donors (Lipinski definition) is 4. The number of rotatable bonds is 4. The van der Waals surface area contributed by atoms with Crippen LogP contribution in [0.15, 0.2) is 121 Å². The van der Waals surface area contributed by atoms with Crippen LogP contribution < -0.4 is 0 Å². The maximum Gasteiger partial charge on any atom is 0.259 e. The van der Waals surface area contributed by atoms with Crippen molar-refractivity contribution in [2.75, 3.05) is 0 Å². The molecule has 0 aliphatic carbocycles. The van der Waals surface area contributed by atoms with Gasteiger partial charge in [0.15, 0.2) is 5.75 Å². The molecule has 1 aromatic heterocycles. The van der Waals surface area contributed by atoms with Crippen LogP contribution in [-0.4, -0.2) is 25.4 Å². The smallest absolute Gasteiger partial charge is 0.259 e. The van der Waals surface area contributed by atoms with Crippen molar-refractivity contribution in [1.82, 2.24) is 4.98 Å². The van der Waals surface area contributed by atoms with Crippen LogP contribution in [-0.2, 0) is 0 Å². The predicted octanol–water partition coefficient (Wildman–Crippen LogP) is 9.78. The molecular formula is C40H27NO4. The van der Waals surface area contributed by atoms with E-state index in [2.05, 4.69) is 90.8 Å². The molecule has 0 unspecified atom stereocenters. The summed E-state index contributed by atoms with van der Waals surface area (Å²) < 4.78 is 0. The molecule has 216 valence electrons. The second-order valence-corrected chi connectivity index (χ2v) is 11.5. The fourth-order valence-corrected chi connectivity index (χ4v) is 6.57. The quantitative estimate of drug-likeness (QED) is 0.154. The Bertz CT molecular complexity index is 2380. The third-order valence-electron chi connectivity index (χ3n) is 8.74. The highest BCUT2D eigenvalue weighted by Gasteiger charge is 2.21. The van der Waals surface area contributed by atoms with Crippen LogP contribution in [0.4, 0.5) is 0 Å². The van der Waals surface area contributed by atoms with E-state index in [4.69, 9.17) is 0 Å². The largest absolute Gasteiger partial charge is 0.503 e. The molecule has 5 heteroatoms. The van der Waals surface area contributed by atoms with Crippen LogP contribution in [0.3, 0.4) is 0 Å². The fraction of sp³-hybridized carbons (Fsp3) is 0.0250. The van der Waals surface area contributed by atoms with Crippen molar-refractivity contribution in [2.45, 2.75) is 6.92 Å². The van der Waals surface area contributed by atoms with Gasteiger partial charge in [-0.15, -0.1) is 0 Å². The van der Waals surface area contributed by atoms with E-state index in [1.807, 2.05) is 30.3 Å². The third kappa shape index (κ3) is 4.20. The van der Waals surface area contributed by atoms with Crippen LogP contribution >= 0.6 is 0 Å². The summed E-state index contributed by atoms with van der Waals surface area (Å²) in [6, 6.07) is 42.0. The van der Waals surface area contributed by atoms with E-state index < -0.39 is 23.1 Å². The SMILES string of the molecule is Cc1cc2ccc3c(-c4ccc(-c5ccccc5)cc4)cc(-c4ccc(-c5nc(O)c(O)c(O)c5O)cc4)c4ccc(c1)c2c34. The summed E-state index contributed by atoms with van der Waals surface area (Å²) in [6.07, 6.45) is 0. The van der Waals surface area contributed by atoms with Gasteiger partial charge in [0, 0.05) is 5.56 Å². The number of aromatic nitrogens is 1. The minimum atomic E-state index is -0.860. The lowest BCUT2D eigenvalue weighted by Crippen LogP contribution is -1.92. The molecule has 1 heterocycles. The zero-order valence-electron chi connectivity index (χ0n) is 24.3. The third-order valence-corrected chi connectivity index (χ3v) is 8.74. The van der Waals surface area contributed by atoms with Crippen molar-refractivity contribution in [1.29, 1.82) is 0 Å². The molecule has 0 aliphatic heterocycles. The Kier molecular flexibility index (Phi) is 5.90. The first-order valence-electron chi connectivity index (χ1n) is 14.7. The monoisotopic (exact) mass is 585 g/mol. The first-order chi connectivity index (χ1) is 21.9. The minimum Gasteiger partial charge on any atom is -0.503 e. The highest BCUT2D eigenvalue weighted by Crippen LogP contribution is 2.47. The van der Waals surface area contributed by atoms with E-state index in [0.717, 1.165) is 33.2 Å². The van der Waals surface area contributed by atoms with Gasteiger partial charge in [-0.25, -0.2) is 4.98 Å². The van der Waals surface area contributed by atoms with Crippen LogP contribution in [0.1, 0.15) is 5.56 Å². The Labute approximate surface area is 258 Å². The van der Waals surface area contributed by atoms with Gasteiger partial charge in [0.05, 0.1) is 0 Å². The summed E-state index contributed by atoms with van der Waals surface area (Å²) >= 11 is 0. The molecule has 0 radical (unpaired) electrons. The zero-order chi connectivity index (χ0) is 30.8. The fourth-order valence-electron chi connectivity index (χ4n) is 6.57. The van der Waals surface area contributed by atoms with E-state index in [-0.39, 0.29) is 5.69 Å². The van der Waals surface area contributed by atoms with Gasteiger partial charge in [-0.3, -0.25) is 0 Å². The summed E-state index contributed by atoms with van der Waals surface area (Å²) in [5.41, 5.74) is 8.26. The second kappa shape index (κ2) is 10.00. The summed E-state index contributed by atoms with van der Waals surface area (Å²) in [6.45, 7) is 2.13. The zero-order valence-corrected chi connectivity index (χ0v) is 24.3. The van der Waals surface area contributed by atoms with Crippen LogP contribution in [0, 0.1) is 6.92 Å². The highest BCUT2D eigenvalue weighted by molar-refractivity contribution is 6.28. The molecule has 0 saturated carbocycles. The lowest BCUT2D eigenvalue weighted by molar-refractivity contribution is 0.337. The maximum atomic E-state index is 10.4.